The molecule has 1 saturated heterocycles. The summed E-state index contributed by atoms with van der Waals surface area (Å²) in [5.41, 5.74) is 2.52. The van der Waals surface area contributed by atoms with E-state index in [2.05, 4.69) is 44.6 Å². The molecule has 144 valence electrons. The first-order valence-corrected chi connectivity index (χ1v) is 9.39. The number of carbonyl (C=O) groups is 1. The van der Waals surface area contributed by atoms with E-state index < -0.39 is 0 Å². The van der Waals surface area contributed by atoms with Crippen molar-refractivity contribution < 1.29 is 9.32 Å². The number of pyridine rings is 1. The molecule has 0 atom stereocenters. The third kappa shape index (κ3) is 4.37. The number of rotatable bonds is 5. The van der Waals surface area contributed by atoms with Gasteiger partial charge in [-0.1, -0.05) is 35.5 Å². The second-order valence-electron chi connectivity index (χ2n) is 6.93. The molecule has 1 fully saturated rings. The van der Waals surface area contributed by atoms with Crippen molar-refractivity contribution in [1.29, 1.82) is 0 Å². The maximum absolute atomic E-state index is 12.7. The van der Waals surface area contributed by atoms with Crippen molar-refractivity contribution >= 4 is 17.4 Å². The van der Waals surface area contributed by atoms with Crippen molar-refractivity contribution in [1.82, 2.24) is 19.9 Å². The SMILES string of the molecule is Cc1cc(Nc2ccc(C(=O)N3CCN(Cc4ccccc4)CC3)nc2)no1. The number of amides is 1. The Balaban J connectivity index is 1.31. The number of nitrogens with one attached hydrogen (secondary N) is 1. The van der Waals surface area contributed by atoms with E-state index in [0.29, 0.717) is 24.6 Å². The zero-order valence-corrected chi connectivity index (χ0v) is 15.8. The molecule has 4 rings (SSSR count). The predicted molar refractivity (Wildman–Crippen MR) is 106 cm³/mol. The standard InChI is InChI=1S/C21H23N5O2/c1-16-13-20(24-28-16)23-18-7-8-19(22-14-18)21(27)26-11-9-25(10-12-26)15-17-5-3-2-4-6-17/h2-8,13-14H,9-12,15H2,1H3,(H,23,24). The average molecular weight is 377 g/mol. The Kier molecular flexibility index (Phi) is 5.34. The molecule has 2 aromatic heterocycles. The van der Waals surface area contributed by atoms with Gasteiger partial charge in [0, 0.05) is 38.8 Å². The van der Waals surface area contributed by atoms with Gasteiger partial charge in [0.2, 0.25) is 0 Å². The summed E-state index contributed by atoms with van der Waals surface area (Å²) < 4.78 is 5.03. The average Bonchev–Trinajstić information content (AvgIpc) is 3.14. The quantitative estimate of drug-likeness (QED) is 0.737. The first-order chi connectivity index (χ1) is 13.7. The molecule has 1 amide bonds. The first-order valence-electron chi connectivity index (χ1n) is 9.39. The van der Waals surface area contributed by atoms with E-state index >= 15 is 0 Å². The van der Waals surface area contributed by atoms with Crippen LogP contribution in [0.1, 0.15) is 21.8 Å². The van der Waals surface area contributed by atoms with Gasteiger partial charge in [-0.2, -0.15) is 0 Å². The van der Waals surface area contributed by atoms with Crippen molar-refractivity contribution in [3.05, 3.63) is 71.7 Å². The minimum atomic E-state index is -0.0248. The number of hydrogen-bond donors (Lipinski definition) is 1. The van der Waals surface area contributed by atoms with E-state index in [1.807, 2.05) is 24.0 Å². The van der Waals surface area contributed by atoms with Crippen LogP contribution in [0.15, 0.2) is 59.3 Å². The number of nitrogens with zero attached hydrogens (tertiary/aromatic N) is 4. The molecule has 1 aliphatic heterocycles. The van der Waals surface area contributed by atoms with Crippen LogP contribution in [-0.4, -0.2) is 52.0 Å². The smallest absolute Gasteiger partial charge is 0.272 e. The molecule has 0 aliphatic carbocycles. The van der Waals surface area contributed by atoms with Gasteiger partial charge < -0.3 is 14.7 Å². The molecule has 1 aromatic carbocycles. The second kappa shape index (κ2) is 8.22. The summed E-state index contributed by atoms with van der Waals surface area (Å²) in [6.07, 6.45) is 1.64. The maximum atomic E-state index is 12.7. The summed E-state index contributed by atoms with van der Waals surface area (Å²) >= 11 is 0. The first kappa shape index (κ1) is 18.2. The Bertz CT molecular complexity index is 915. The van der Waals surface area contributed by atoms with Crippen molar-refractivity contribution in [2.75, 3.05) is 31.5 Å². The van der Waals surface area contributed by atoms with Crippen LogP contribution in [0.4, 0.5) is 11.5 Å². The zero-order chi connectivity index (χ0) is 19.3. The van der Waals surface area contributed by atoms with E-state index in [1.54, 1.807) is 18.3 Å². The molecule has 0 saturated carbocycles. The van der Waals surface area contributed by atoms with Crippen LogP contribution < -0.4 is 5.32 Å². The van der Waals surface area contributed by atoms with Gasteiger partial charge in [0.25, 0.3) is 5.91 Å². The minimum Gasteiger partial charge on any atom is -0.360 e. The van der Waals surface area contributed by atoms with Gasteiger partial charge in [0.05, 0.1) is 11.9 Å². The highest BCUT2D eigenvalue weighted by Gasteiger charge is 2.23. The number of anilines is 2. The lowest BCUT2D eigenvalue weighted by Gasteiger charge is -2.34. The van der Waals surface area contributed by atoms with Crippen LogP contribution in [0.2, 0.25) is 0 Å². The van der Waals surface area contributed by atoms with E-state index in [4.69, 9.17) is 4.52 Å². The van der Waals surface area contributed by atoms with Crippen molar-refractivity contribution in [3.8, 4) is 0 Å². The third-order valence-electron chi connectivity index (χ3n) is 4.79. The molecule has 0 radical (unpaired) electrons. The summed E-state index contributed by atoms with van der Waals surface area (Å²) in [5.74, 6) is 1.32. The van der Waals surface area contributed by atoms with Crippen LogP contribution in [0.5, 0.6) is 0 Å². The predicted octanol–water partition coefficient (Wildman–Crippen LogP) is 3.08. The van der Waals surface area contributed by atoms with Gasteiger partial charge in [0.1, 0.15) is 11.5 Å². The molecular formula is C21H23N5O2. The van der Waals surface area contributed by atoms with Crippen LogP contribution in [0, 0.1) is 6.92 Å². The van der Waals surface area contributed by atoms with Crippen molar-refractivity contribution in [2.24, 2.45) is 0 Å². The lowest BCUT2D eigenvalue weighted by Crippen LogP contribution is -2.48. The number of aryl methyl sites for hydroxylation is 1. The molecule has 0 spiro atoms. The molecule has 1 N–H and O–H groups in total. The Hall–Kier alpha value is -3.19. The molecule has 0 unspecified atom stereocenters. The number of hydrogen-bond acceptors (Lipinski definition) is 6. The fourth-order valence-corrected chi connectivity index (χ4v) is 3.28. The summed E-state index contributed by atoms with van der Waals surface area (Å²) in [5, 5.41) is 6.99. The summed E-state index contributed by atoms with van der Waals surface area (Å²) in [7, 11) is 0. The molecule has 3 aromatic rings. The highest BCUT2D eigenvalue weighted by molar-refractivity contribution is 5.92. The molecular weight excluding hydrogens is 354 g/mol. The molecule has 0 bridgehead atoms. The monoisotopic (exact) mass is 377 g/mol. The fraction of sp³-hybridized carbons (Fsp3) is 0.286. The van der Waals surface area contributed by atoms with Crippen molar-refractivity contribution in [3.63, 3.8) is 0 Å². The molecule has 1 aliphatic rings. The molecule has 7 heteroatoms. The molecule has 3 heterocycles. The van der Waals surface area contributed by atoms with Gasteiger partial charge in [-0.05, 0) is 24.6 Å². The van der Waals surface area contributed by atoms with E-state index in [9.17, 15) is 4.79 Å². The third-order valence-corrected chi connectivity index (χ3v) is 4.79. The lowest BCUT2D eigenvalue weighted by atomic mass is 10.2. The summed E-state index contributed by atoms with van der Waals surface area (Å²) in [6, 6.07) is 15.8. The summed E-state index contributed by atoms with van der Waals surface area (Å²) in [6.45, 7) is 5.91. The Morgan fingerprint density at radius 1 is 1.11 bits per heavy atom. The Morgan fingerprint density at radius 3 is 2.54 bits per heavy atom. The second-order valence-corrected chi connectivity index (χ2v) is 6.93. The van der Waals surface area contributed by atoms with Crippen molar-refractivity contribution in [2.45, 2.75) is 13.5 Å². The van der Waals surface area contributed by atoms with Crippen LogP contribution >= 0.6 is 0 Å². The van der Waals surface area contributed by atoms with Gasteiger partial charge in [-0.15, -0.1) is 0 Å². The highest BCUT2D eigenvalue weighted by atomic mass is 16.5. The minimum absolute atomic E-state index is 0.0248. The van der Waals surface area contributed by atoms with Crippen LogP contribution in [0.25, 0.3) is 0 Å². The molecule has 28 heavy (non-hydrogen) atoms. The number of piperazine rings is 1. The number of aromatic nitrogens is 2. The Labute approximate surface area is 164 Å². The van der Waals surface area contributed by atoms with E-state index in [1.165, 1.54) is 5.56 Å². The fourth-order valence-electron chi connectivity index (χ4n) is 3.28. The van der Waals surface area contributed by atoms with Gasteiger partial charge >= 0.3 is 0 Å². The van der Waals surface area contributed by atoms with E-state index in [0.717, 1.165) is 31.1 Å². The normalized spacial score (nSPS) is 14.8. The maximum Gasteiger partial charge on any atom is 0.272 e. The lowest BCUT2D eigenvalue weighted by molar-refractivity contribution is 0.0623. The number of benzene rings is 1. The highest BCUT2D eigenvalue weighted by Crippen LogP contribution is 2.16. The van der Waals surface area contributed by atoms with E-state index in [-0.39, 0.29) is 5.91 Å². The van der Waals surface area contributed by atoms with Gasteiger partial charge in [-0.3, -0.25) is 9.69 Å². The Morgan fingerprint density at radius 2 is 1.89 bits per heavy atom. The number of carbonyl (C=O) groups excluding carboxylic acids is 1. The van der Waals surface area contributed by atoms with Crippen LogP contribution in [0.3, 0.4) is 0 Å². The zero-order valence-electron chi connectivity index (χ0n) is 15.8. The van der Waals surface area contributed by atoms with Gasteiger partial charge in [0.15, 0.2) is 5.82 Å². The molecule has 7 nitrogen and oxygen atoms in total. The topological polar surface area (TPSA) is 74.5 Å². The largest absolute Gasteiger partial charge is 0.360 e. The van der Waals surface area contributed by atoms with Crippen LogP contribution in [-0.2, 0) is 6.54 Å². The summed E-state index contributed by atoms with van der Waals surface area (Å²) in [4.78, 5) is 21.3. The van der Waals surface area contributed by atoms with Gasteiger partial charge in [-0.25, -0.2) is 4.98 Å².